The predicted molar refractivity (Wildman–Crippen MR) is 72.3 cm³/mol. The van der Waals surface area contributed by atoms with Gasteiger partial charge in [-0.15, -0.1) is 0 Å². The van der Waals surface area contributed by atoms with Gasteiger partial charge in [0.05, 0.1) is 6.20 Å². The third kappa shape index (κ3) is 3.07. The van der Waals surface area contributed by atoms with Crippen molar-refractivity contribution in [3.63, 3.8) is 0 Å². The fraction of sp³-hybridized carbons (Fsp3) is 0.143. The third-order valence-electron chi connectivity index (χ3n) is 2.97. The first-order valence-electron chi connectivity index (χ1n) is 5.97. The lowest BCUT2D eigenvalue weighted by molar-refractivity contribution is 0.0697. The Bertz CT molecular complexity index is 690. The summed E-state index contributed by atoms with van der Waals surface area (Å²) < 4.78 is 25.7. The summed E-state index contributed by atoms with van der Waals surface area (Å²) in [5.41, 5.74) is 0.236. The molecule has 1 heterocycles. The van der Waals surface area contributed by atoms with E-state index in [1.165, 1.54) is 19.1 Å². The molecule has 0 unspecified atom stereocenters. The van der Waals surface area contributed by atoms with E-state index in [9.17, 15) is 18.7 Å². The van der Waals surface area contributed by atoms with Crippen LogP contribution in [-0.2, 0) is 0 Å². The van der Waals surface area contributed by atoms with Crippen LogP contribution in [0, 0.1) is 6.92 Å². The number of alkyl halides is 2. The summed E-state index contributed by atoms with van der Waals surface area (Å²) in [6, 6.07) is 5.32. The molecule has 0 amide bonds. The normalized spacial score (nSPS) is 10.7. The monoisotopic (exact) mass is 294 g/mol. The summed E-state index contributed by atoms with van der Waals surface area (Å²) in [4.78, 5) is 14.9. The number of rotatable bonds is 4. The van der Waals surface area contributed by atoms with Gasteiger partial charge in [-0.3, -0.25) is 0 Å². The van der Waals surface area contributed by atoms with Crippen LogP contribution in [0.2, 0.25) is 0 Å². The molecular formula is C14H12F2N2O3. The second-order valence-electron chi connectivity index (χ2n) is 4.34. The Morgan fingerprint density at radius 1 is 1.38 bits per heavy atom. The number of aromatic hydroxyl groups is 1. The highest BCUT2D eigenvalue weighted by Gasteiger charge is 2.16. The smallest absolute Gasteiger partial charge is 0.339 e. The molecule has 1 aromatic heterocycles. The first-order valence-corrected chi connectivity index (χ1v) is 5.97. The van der Waals surface area contributed by atoms with Crippen LogP contribution in [0.1, 0.15) is 27.9 Å². The molecule has 0 aliphatic rings. The molecule has 2 aromatic rings. The van der Waals surface area contributed by atoms with Crippen molar-refractivity contribution >= 4 is 17.5 Å². The van der Waals surface area contributed by atoms with Crippen LogP contribution in [-0.4, -0.2) is 21.2 Å². The highest BCUT2D eigenvalue weighted by molar-refractivity contribution is 5.94. The van der Waals surface area contributed by atoms with Crippen molar-refractivity contribution in [2.75, 3.05) is 5.32 Å². The zero-order chi connectivity index (χ0) is 15.6. The van der Waals surface area contributed by atoms with E-state index in [1.54, 1.807) is 6.07 Å². The van der Waals surface area contributed by atoms with Gasteiger partial charge in [0, 0.05) is 11.3 Å². The molecule has 2 rings (SSSR count). The van der Waals surface area contributed by atoms with Crippen molar-refractivity contribution in [3.05, 3.63) is 47.2 Å². The zero-order valence-electron chi connectivity index (χ0n) is 11.0. The summed E-state index contributed by atoms with van der Waals surface area (Å²) in [5.74, 6) is -1.62. The van der Waals surface area contributed by atoms with E-state index in [0.717, 1.165) is 12.3 Å². The van der Waals surface area contributed by atoms with Crippen LogP contribution in [0.5, 0.6) is 5.75 Å². The van der Waals surface area contributed by atoms with Crippen molar-refractivity contribution in [3.8, 4) is 5.75 Å². The van der Waals surface area contributed by atoms with Gasteiger partial charge in [-0.05, 0) is 24.6 Å². The molecule has 0 fully saturated rings. The number of nitrogens with one attached hydrogen (secondary N) is 1. The quantitative estimate of drug-likeness (QED) is 0.804. The number of hydrogen-bond donors (Lipinski definition) is 3. The van der Waals surface area contributed by atoms with Crippen molar-refractivity contribution in [1.82, 2.24) is 4.98 Å². The molecule has 21 heavy (non-hydrogen) atoms. The number of nitrogens with zero attached hydrogens (tertiary/aromatic N) is 1. The molecular weight excluding hydrogens is 282 g/mol. The molecule has 0 atom stereocenters. The highest BCUT2D eigenvalue weighted by atomic mass is 19.3. The number of halogens is 2. The molecule has 0 aliphatic heterocycles. The van der Waals surface area contributed by atoms with E-state index < -0.39 is 12.4 Å². The lowest BCUT2D eigenvalue weighted by Gasteiger charge is -2.13. The molecule has 0 bridgehead atoms. The van der Waals surface area contributed by atoms with E-state index in [4.69, 9.17) is 5.11 Å². The highest BCUT2D eigenvalue weighted by Crippen LogP contribution is 2.30. The number of hydrogen-bond acceptors (Lipinski definition) is 4. The SMILES string of the molecule is Cc1c(Nc2ncc(O)cc2C(=O)O)cccc1C(F)F. The molecule has 110 valence electrons. The molecule has 7 heteroatoms. The number of aromatic nitrogens is 1. The molecule has 0 radical (unpaired) electrons. The third-order valence-corrected chi connectivity index (χ3v) is 2.97. The maximum absolute atomic E-state index is 12.8. The van der Waals surface area contributed by atoms with Gasteiger partial charge in [0.25, 0.3) is 6.43 Å². The van der Waals surface area contributed by atoms with Crippen LogP contribution in [0.25, 0.3) is 0 Å². The predicted octanol–water partition coefficient (Wildman–Crippen LogP) is 3.48. The average molecular weight is 294 g/mol. The van der Waals surface area contributed by atoms with E-state index in [0.29, 0.717) is 11.3 Å². The van der Waals surface area contributed by atoms with Gasteiger partial charge < -0.3 is 15.5 Å². The summed E-state index contributed by atoms with van der Waals surface area (Å²) in [7, 11) is 0. The van der Waals surface area contributed by atoms with Gasteiger partial charge in [-0.2, -0.15) is 0 Å². The zero-order valence-corrected chi connectivity index (χ0v) is 11.0. The van der Waals surface area contributed by atoms with Gasteiger partial charge in [0.2, 0.25) is 0 Å². The van der Waals surface area contributed by atoms with Gasteiger partial charge in [0.15, 0.2) is 0 Å². The summed E-state index contributed by atoms with van der Waals surface area (Å²) in [6.07, 6.45) is -1.56. The largest absolute Gasteiger partial charge is 0.506 e. The van der Waals surface area contributed by atoms with Crippen molar-refractivity contribution in [1.29, 1.82) is 0 Å². The molecule has 0 saturated heterocycles. The van der Waals surface area contributed by atoms with E-state index in [-0.39, 0.29) is 22.7 Å². The Morgan fingerprint density at radius 3 is 2.71 bits per heavy atom. The Morgan fingerprint density at radius 2 is 2.10 bits per heavy atom. The van der Waals surface area contributed by atoms with Gasteiger partial charge in [-0.1, -0.05) is 12.1 Å². The van der Waals surface area contributed by atoms with Crippen LogP contribution in [0.4, 0.5) is 20.3 Å². The standard InChI is InChI=1S/C14H12F2N2O3/c1-7-9(12(15)16)3-2-4-11(7)18-13-10(14(20)21)5-8(19)6-17-13/h2-6,12,19H,1H3,(H,17,18)(H,20,21). The number of aromatic carboxylic acids is 1. The average Bonchev–Trinajstić information content (AvgIpc) is 2.42. The van der Waals surface area contributed by atoms with E-state index in [2.05, 4.69) is 10.3 Å². The number of carboxylic acid groups (broad SMARTS) is 1. The first-order chi connectivity index (χ1) is 9.90. The molecule has 5 nitrogen and oxygen atoms in total. The first kappa shape index (κ1) is 14.7. The summed E-state index contributed by atoms with van der Waals surface area (Å²) >= 11 is 0. The molecule has 0 saturated carbocycles. The topological polar surface area (TPSA) is 82.5 Å². The van der Waals surface area contributed by atoms with Gasteiger partial charge in [0.1, 0.15) is 17.1 Å². The maximum atomic E-state index is 12.8. The Kier molecular flexibility index (Phi) is 4.02. The molecule has 1 aromatic carbocycles. The molecule has 0 spiro atoms. The minimum Gasteiger partial charge on any atom is -0.506 e. The van der Waals surface area contributed by atoms with Crippen LogP contribution < -0.4 is 5.32 Å². The minimum atomic E-state index is -2.63. The van der Waals surface area contributed by atoms with Crippen LogP contribution in [0.3, 0.4) is 0 Å². The van der Waals surface area contributed by atoms with Gasteiger partial charge in [-0.25, -0.2) is 18.6 Å². The van der Waals surface area contributed by atoms with Crippen LogP contribution in [0.15, 0.2) is 30.5 Å². The van der Waals surface area contributed by atoms with Crippen LogP contribution >= 0.6 is 0 Å². The second kappa shape index (κ2) is 5.74. The van der Waals surface area contributed by atoms with Gasteiger partial charge >= 0.3 is 5.97 Å². The van der Waals surface area contributed by atoms with Crippen molar-refractivity contribution < 1.29 is 23.8 Å². The minimum absolute atomic E-state index is 0.0326. The fourth-order valence-electron chi connectivity index (χ4n) is 1.87. The lowest BCUT2D eigenvalue weighted by Crippen LogP contribution is -2.06. The van der Waals surface area contributed by atoms with Crippen molar-refractivity contribution in [2.24, 2.45) is 0 Å². The lowest BCUT2D eigenvalue weighted by atomic mass is 10.1. The maximum Gasteiger partial charge on any atom is 0.339 e. The Balaban J connectivity index is 2.44. The Hall–Kier alpha value is -2.70. The second-order valence-corrected chi connectivity index (χ2v) is 4.34. The number of benzene rings is 1. The number of anilines is 2. The van der Waals surface area contributed by atoms with E-state index in [1.807, 2.05) is 0 Å². The fourth-order valence-corrected chi connectivity index (χ4v) is 1.87. The molecule has 0 aliphatic carbocycles. The van der Waals surface area contributed by atoms with Crippen molar-refractivity contribution in [2.45, 2.75) is 13.3 Å². The number of pyridine rings is 1. The summed E-state index contributed by atoms with van der Waals surface area (Å²) in [5, 5.41) is 21.0. The summed E-state index contributed by atoms with van der Waals surface area (Å²) in [6.45, 7) is 1.50. The Labute approximate surface area is 118 Å². The number of carbonyl (C=O) groups is 1. The van der Waals surface area contributed by atoms with E-state index >= 15 is 0 Å². The number of carboxylic acids is 1. The molecule has 3 N–H and O–H groups in total.